The molecular formula is C11H17ClN2O. The van der Waals surface area contributed by atoms with Gasteiger partial charge in [-0.05, 0) is 32.0 Å². The smallest absolute Gasteiger partial charge is 0.138 e. The molecule has 0 saturated heterocycles. The summed E-state index contributed by atoms with van der Waals surface area (Å²) in [6.07, 6.45) is 0. The van der Waals surface area contributed by atoms with Crippen LogP contribution in [0.1, 0.15) is 13.8 Å². The van der Waals surface area contributed by atoms with E-state index >= 15 is 0 Å². The Morgan fingerprint density at radius 3 is 2.80 bits per heavy atom. The first-order valence-electron chi connectivity index (χ1n) is 5.05. The Balaban J connectivity index is 2.64. The average molecular weight is 229 g/mol. The van der Waals surface area contributed by atoms with Crippen molar-refractivity contribution < 1.29 is 4.74 Å². The summed E-state index contributed by atoms with van der Waals surface area (Å²) in [5.74, 6) is 0.713. The van der Waals surface area contributed by atoms with E-state index in [0.717, 1.165) is 12.2 Å². The highest BCUT2D eigenvalue weighted by atomic mass is 35.5. The molecule has 0 aromatic heterocycles. The fraction of sp³-hybridized carbons (Fsp3) is 0.455. The maximum atomic E-state index is 6.03. The van der Waals surface area contributed by atoms with Crippen molar-refractivity contribution in [3.05, 3.63) is 23.2 Å². The van der Waals surface area contributed by atoms with E-state index in [1.165, 1.54) is 0 Å². The topological polar surface area (TPSA) is 47.3 Å². The third-order valence-electron chi connectivity index (χ3n) is 1.86. The van der Waals surface area contributed by atoms with Crippen LogP contribution in [0.15, 0.2) is 18.2 Å². The van der Waals surface area contributed by atoms with Crippen molar-refractivity contribution in [3.8, 4) is 5.75 Å². The Labute approximate surface area is 95.6 Å². The van der Waals surface area contributed by atoms with Gasteiger partial charge in [0.05, 0.1) is 11.6 Å². The predicted molar refractivity (Wildman–Crippen MR) is 64.8 cm³/mol. The van der Waals surface area contributed by atoms with E-state index in [1.807, 2.05) is 32.0 Å². The minimum atomic E-state index is 0.121. The summed E-state index contributed by atoms with van der Waals surface area (Å²) >= 11 is 6.03. The van der Waals surface area contributed by atoms with Crippen molar-refractivity contribution in [2.75, 3.05) is 18.5 Å². The van der Waals surface area contributed by atoms with Crippen LogP contribution >= 0.6 is 11.6 Å². The molecule has 0 saturated carbocycles. The third kappa shape index (κ3) is 3.98. The summed E-state index contributed by atoms with van der Waals surface area (Å²) < 4.78 is 5.33. The number of anilines is 1. The molecule has 1 atom stereocenters. The second-order valence-corrected chi connectivity index (χ2v) is 3.84. The minimum Gasteiger partial charge on any atom is -0.492 e. The second-order valence-electron chi connectivity index (χ2n) is 3.44. The van der Waals surface area contributed by atoms with Gasteiger partial charge in [0, 0.05) is 18.3 Å². The zero-order valence-electron chi connectivity index (χ0n) is 9.09. The van der Waals surface area contributed by atoms with Gasteiger partial charge in [-0.3, -0.25) is 0 Å². The van der Waals surface area contributed by atoms with Gasteiger partial charge in [0.15, 0.2) is 0 Å². The molecule has 0 aliphatic carbocycles. The minimum absolute atomic E-state index is 0.121. The zero-order valence-corrected chi connectivity index (χ0v) is 9.84. The van der Waals surface area contributed by atoms with Gasteiger partial charge in [-0.25, -0.2) is 0 Å². The van der Waals surface area contributed by atoms with Crippen LogP contribution in [-0.2, 0) is 0 Å². The Hall–Kier alpha value is -0.930. The molecule has 0 spiro atoms. The van der Waals surface area contributed by atoms with Gasteiger partial charge in [0.25, 0.3) is 0 Å². The van der Waals surface area contributed by atoms with Crippen LogP contribution in [0.4, 0.5) is 5.69 Å². The SMILES string of the molecule is CCOc1ccc(NCC(C)N)cc1Cl. The molecule has 1 rings (SSSR count). The van der Waals surface area contributed by atoms with Gasteiger partial charge < -0.3 is 15.8 Å². The molecule has 84 valence electrons. The van der Waals surface area contributed by atoms with Crippen molar-refractivity contribution >= 4 is 17.3 Å². The van der Waals surface area contributed by atoms with E-state index in [-0.39, 0.29) is 6.04 Å². The zero-order chi connectivity index (χ0) is 11.3. The van der Waals surface area contributed by atoms with Crippen molar-refractivity contribution in [1.82, 2.24) is 0 Å². The van der Waals surface area contributed by atoms with Gasteiger partial charge in [-0.1, -0.05) is 11.6 Å². The van der Waals surface area contributed by atoms with Crippen LogP contribution in [0.25, 0.3) is 0 Å². The number of nitrogens with one attached hydrogen (secondary N) is 1. The summed E-state index contributed by atoms with van der Waals surface area (Å²) in [6, 6.07) is 5.75. The molecule has 3 nitrogen and oxygen atoms in total. The molecule has 0 radical (unpaired) electrons. The van der Waals surface area contributed by atoms with Crippen LogP contribution in [0.2, 0.25) is 5.02 Å². The molecule has 0 fully saturated rings. The molecule has 1 aromatic rings. The number of halogens is 1. The van der Waals surface area contributed by atoms with Crippen molar-refractivity contribution in [3.63, 3.8) is 0 Å². The highest BCUT2D eigenvalue weighted by Gasteiger charge is 2.02. The largest absolute Gasteiger partial charge is 0.492 e. The molecule has 4 heteroatoms. The highest BCUT2D eigenvalue weighted by molar-refractivity contribution is 6.32. The first-order valence-corrected chi connectivity index (χ1v) is 5.43. The average Bonchev–Trinajstić information content (AvgIpc) is 2.19. The number of rotatable bonds is 5. The van der Waals surface area contributed by atoms with Gasteiger partial charge in [0.2, 0.25) is 0 Å². The normalized spacial score (nSPS) is 12.3. The number of hydrogen-bond donors (Lipinski definition) is 2. The van der Waals surface area contributed by atoms with Crippen molar-refractivity contribution in [2.24, 2.45) is 5.73 Å². The number of hydrogen-bond acceptors (Lipinski definition) is 3. The molecule has 3 N–H and O–H groups in total. The number of ether oxygens (including phenoxy) is 1. The lowest BCUT2D eigenvalue weighted by atomic mass is 10.3. The highest BCUT2D eigenvalue weighted by Crippen LogP contribution is 2.27. The molecule has 0 heterocycles. The van der Waals surface area contributed by atoms with Gasteiger partial charge in [0.1, 0.15) is 5.75 Å². The van der Waals surface area contributed by atoms with Crippen LogP contribution in [0.5, 0.6) is 5.75 Å². The number of benzene rings is 1. The van der Waals surface area contributed by atoms with Crippen molar-refractivity contribution in [2.45, 2.75) is 19.9 Å². The molecule has 1 aromatic carbocycles. The second kappa shape index (κ2) is 5.83. The Bertz CT molecular complexity index is 315. The van der Waals surface area contributed by atoms with E-state index in [0.29, 0.717) is 17.4 Å². The van der Waals surface area contributed by atoms with Crippen LogP contribution in [0.3, 0.4) is 0 Å². The standard InChI is InChI=1S/C11H17ClN2O/c1-3-15-11-5-4-9(6-10(11)12)14-7-8(2)13/h4-6,8,14H,3,7,13H2,1-2H3. The first kappa shape index (κ1) is 12.1. The summed E-state index contributed by atoms with van der Waals surface area (Å²) in [5.41, 5.74) is 6.59. The Morgan fingerprint density at radius 2 is 2.27 bits per heavy atom. The number of nitrogens with two attached hydrogens (primary N) is 1. The summed E-state index contributed by atoms with van der Waals surface area (Å²) in [4.78, 5) is 0. The van der Waals surface area contributed by atoms with Gasteiger partial charge in [-0.15, -0.1) is 0 Å². The van der Waals surface area contributed by atoms with E-state index < -0.39 is 0 Å². The predicted octanol–water partition coefficient (Wildman–Crippen LogP) is 2.50. The monoisotopic (exact) mass is 228 g/mol. The van der Waals surface area contributed by atoms with Gasteiger partial charge >= 0.3 is 0 Å². The summed E-state index contributed by atoms with van der Waals surface area (Å²) in [5, 5.41) is 3.81. The first-order chi connectivity index (χ1) is 7.13. The van der Waals surface area contributed by atoms with E-state index in [1.54, 1.807) is 0 Å². The lowest BCUT2D eigenvalue weighted by molar-refractivity contribution is 0.340. The van der Waals surface area contributed by atoms with E-state index in [9.17, 15) is 0 Å². The third-order valence-corrected chi connectivity index (χ3v) is 2.16. The maximum absolute atomic E-state index is 6.03. The quantitative estimate of drug-likeness (QED) is 0.814. The molecule has 1 unspecified atom stereocenters. The lowest BCUT2D eigenvalue weighted by Crippen LogP contribution is -2.25. The van der Waals surface area contributed by atoms with Crippen LogP contribution in [0, 0.1) is 0 Å². The Morgan fingerprint density at radius 1 is 1.53 bits per heavy atom. The van der Waals surface area contributed by atoms with E-state index in [4.69, 9.17) is 22.1 Å². The fourth-order valence-corrected chi connectivity index (χ4v) is 1.40. The maximum Gasteiger partial charge on any atom is 0.138 e. The molecule has 0 aliphatic heterocycles. The molecule has 0 aliphatic rings. The molecule has 15 heavy (non-hydrogen) atoms. The fourth-order valence-electron chi connectivity index (χ4n) is 1.16. The van der Waals surface area contributed by atoms with Crippen LogP contribution in [-0.4, -0.2) is 19.2 Å². The summed E-state index contributed by atoms with van der Waals surface area (Å²) in [6.45, 7) is 5.22. The lowest BCUT2D eigenvalue weighted by Gasteiger charge is -2.11. The van der Waals surface area contributed by atoms with Crippen molar-refractivity contribution in [1.29, 1.82) is 0 Å². The van der Waals surface area contributed by atoms with E-state index in [2.05, 4.69) is 5.32 Å². The molecule has 0 bridgehead atoms. The van der Waals surface area contributed by atoms with Gasteiger partial charge in [-0.2, -0.15) is 0 Å². The summed E-state index contributed by atoms with van der Waals surface area (Å²) in [7, 11) is 0. The Kier molecular flexibility index (Phi) is 4.72. The molecular weight excluding hydrogens is 212 g/mol. The molecule has 0 amide bonds. The van der Waals surface area contributed by atoms with Crippen LogP contribution < -0.4 is 15.8 Å².